The van der Waals surface area contributed by atoms with Gasteiger partial charge in [-0.3, -0.25) is 14.3 Å². The number of hydrogen-bond acceptors (Lipinski definition) is 4. The standard InChI is InChI=1S/C10H13FN2O3S/c1-7-5-9(12-3-4-17(2)16)10(13(14)15)6-8(7)11/h5-6,12H,3-4H2,1-2H3. The van der Waals surface area contributed by atoms with Gasteiger partial charge in [0.1, 0.15) is 11.5 Å². The Balaban J connectivity index is 2.92. The fourth-order valence-electron chi connectivity index (χ4n) is 1.29. The summed E-state index contributed by atoms with van der Waals surface area (Å²) in [7, 11) is -0.973. The molecule has 0 aliphatic carbocycles. The quantitative estimate of drug-likeness (QED) is 0.647. The predicted molar refractivity (Wildman–Crippen MR) is 65.2 cm³/mol. The minimum absolute atomic E-state index is 0.249. The molecule has 1 aromatic carbocycles. The summed E-state index contributed by atoms with van der Waals surface area (Å²) in [6.45, 7) is 1.87. The topological polar surface area (TPSA) is 72.2 Å². The van der Waals surface area contributed by atoms with E-state index in [1.807, 2.05) is 0 Å². The zero-order valence-corrected chi connectivity index (χ0v) is 10.3. The molecule has 0 heterocycles. The molecule has 0 aromatic heterocycles. The third kappa shape index (κ3) is 3.77. The number of nitrogens with zero attached hydrogens (tertiary/aromatic N) is 1. The van der Waals surface area contributed by atoms with Crippen molar-refractivity contribution in [3.63, 3.8) is 0 Å². The van der Waals surface area contributed by atoms with Crippen LogP contribution in [0.15, 0.2) is 12.1 Å². The first-order chi connectivity index (χ1) is 7.91. The summed E-state index contributed by atoms with van der Waals surface area (Å²) in [4.78, 5) is 10.1. The van der Waals surface area contributed by atoms with Gasteiger partial charge < -0.3 is 5.32 Å². The van der Waals surface area contributed by atoms with E-state index in [0.29, 0.717) is 17.9 Å². The van der Waals surface area contributed by atoms with E-state index < -0.39 is 21.5 Å². The average molecular weight is 260 g/mol. The van der Waals surface area contributed by atoms with Crippen LogP contribution in [0.5, 0.6) is 0 Å². The van der Waals surface area contributed by atoms with Crippen molar-refractivity contribution in [2.75, 3.05) is 23.9 Å². The van der Waals surface area contributed by atoms with Crippen molar-refractivity contribution < 1.29 is 13.5 Å². The van der Waals surface area contributed by atoms with Crippen molar-refractivity contribution in [2.45, 2.75) is 6.92 Å². The van der Waals surface area contributed by atoms with Gasteiger partial charge in [0.2, 0.25) is 0 Å². The fourth-order valence-corrected chi connectivity index (χ4v) is 1.68. The summed E-state index contributed by atoms with van der Waals surface area (Å²) < 4.78 is 24.0. The molecule has 94 valence electrons. The van der Waals surface area contributed by atoms with Gasteiger partial charge in [0.25, 0.3) is 5.69 Å². The second kappa shape index (κ2) is 5.72. The van der Waals surface area contributed by atoms with Crippen LogP contribution in [0.2, 0.25) is 0 Å². The molecular formula is C10H13FN2O3S. The molecule has 5 nitrogen and oxygen atoms in total. The van der Waals surface area contributed by atoms with Crippen LogP contribution in [0, 0.1) is 22.9 Å². The van der Waals surface area contributed by atoms with Crippen LogP contribution < -0.4 is 5.32 Å². The van der Waals surface area contributed by atoms with Gasteiger partial charge in [0.05, 0.1) is 11.0 Å². The van der Waals surface area contributed by atoms with Crippen LogP contribution in [0.3, 0.4) is 0 Å². The minimum Gasteiger partial charge on any atom is -0.379 e. The number of nitro benzene ring substituents is 1. The molecule has 0 aliphatic heterocycles. The number of hydrogen-bond donors (Lipinski definition) is 1. The van der Waals surface area contributed by atoms with Crippen LogP contribution in [0.1, 0.15) is 5.56 Å². The summed E-state index contributed by atoms with van der Waals surface area (Å²) in [5.74, 6) is -0.227. The summed E-state index contributed by atoms with van der Waals surface area (Å²) in [6, 6.07) is 2.27. The largest absolute Gasteiger partial charge is 0.379 e. The SMILES string of the molecule is Cc1cc(NCCS(C)=O)c([N+](=O)[O-])cc1F. The van der Waals surface area contributed by atoms with E-state index in [0.717, 1.165) is 6.07 Å². The molecule has 1 rings (SSSR count). The van der Waals surface area contributed by atoms with E-state index in [2.05, 4.69) is 5.32 Å². The third-order valence-corrected chi connectivity index (χ3v) is 2.96. The smallest absolute Gasteiger partial charge is 0.295 e. The number of rotatable bonds is 5. The monoisotopic (exact) mass is 260 g/mol. The molecule has 1 atom stereocenters. The van der Waals surface area contributed by atoms with Gasteiger partial charge in [0, 0.05) is 29.4 Å². The van der Waals surface area contributed by atoms with Gasteiger partial charge in [-0.05, 0) is 18.6 Å². The first-order valence-electron chi connectivity index (χ1n) is 4.90. The van der Waals surface area contributed by atoms with Crippen molar-refractivity contribution in [1.82, 2.24) is 0 Å². The molecule has 0 saturated heterocycles. The van der Waals surface area contributed by atoms with Crippen molar-refractivity contribution in [1.29, 1.82) is 0 Å². The second-order valence-electron chi connectivity index (χ2n) is 3.58. The molecule has 0 saturated carbocycles. The predicted octanol–water partition coefficient (Wildman–Crippen LogP) is 1.83. The van der Waals surface area contributed by atoms with Crippen molar-refractivity contribution in [2.24, 2.45) is 0 Å². The highest BCUT2D eigenvalue weighted by molar-refractivity contribution is 7.84. The molecule has 0 spiro atoms. The maximum absolute atomic E-state index is 13.2. The lowest BCUT2D eigenvalue weighted by atomic mass is 10.2. The Labute approximate surface area is 101 Å². The van der Waals surface area contributed by atoms with Crippen LogP contribution in [-0.4, -0.2) is 27.7 Å². The molecule has 0 amide bonds. The first kappa shape index (κ1) is 13.6. The van der Waals surface area contributed by atoms with Gasteiger partial charge >= 0.3 is 0 Å². The fraction of sp³-hybridized carbons (Fsp3) is 0.400. The Bertz CT molecular complexity index is 465. The number of halogens is 1. The van der Waals surface area contributed by atoms with Gasteiger partial charge in [-0.2, -0.15) is 0 Å². The molecule has 0 bridgehead atoms. The maximum atomic E-state index is 13.2. The summed E-state index contributed by atoms with van der Waals surface area (Å²) in [5.41, 5.74) is 0.269. The Kier molecular flexibility index (Phi) is 4.56. The minimum atomic E-state index is -0.973. The lowest BCUT2D eigenvalue weighted by Gasteiger charge is -2.07. The van der Waals surface area contributed by atoms with Gasteiger partial charge in [-0.25, -0.2) is 4.39 Å². The Morgan fingerprint density at radius 2 is 2.18 bits per heavy atom. The van der Waals surface area contributed by atoms with E-state index in [1.165, 1.54) is 13.0 Å². The van der Waals surface area contributed by atoms with Crippen molar-refractivity contribution in [3.8, 4) is 0 Å². The van der Waals surface area contributed by atoms with Crippen molar-refractivity contribution >= 4 is 22.2 Å². The van der Waals surface area contributed by atoms with Crippen LogP contribution in [-0.2, 0) is 10.8 Å². The molecule has 7 heteroatoms. The first-order valence-corrected chi connectivity index (χ1v) is 6.63. The average Bonchev–Trinajstić information content (AvgIpc) is 2.22. The van der Waals surface area contributed by atoms with E-state index in [4.69, 9.17) is 0 Å². The van der Waals surface area contributed by atoms with E-state index in [-0.39, 0.29) is 11.4 Å². The highest BCUT2D eigenvalue weighted by Crippen LogP contribution is 2.27. The molecular weight excluding hydrogens is 247 g/mol. The molecule has 17 heavy (non-hydrogen) atoms. The maximum Gasteiger partial charge on any atom is 0.295 e. The molecule has 1 aromatic rings. The lowest BCUT2D eigenvalue weighted by Crippen LogP contribution is -2.11. The number of nitrogens with one attached hydrogen (secondary N) is 1. The number of aryl methyl sites for hydroxylation is 1. The Hall–Kier alpha value is -1.50. The number of benzene rings is 1. The zero-order valence-electron chi connectivity index (χ0n) is 9.53. The van der Waals surface area contributed by atoms with Crippen LogP contribution in [0.25, 0.3) is 0 Å². The Morgan fingerprint density at radius 1 is 1.53 bits per heavy atom. The van der Waals surface area contributed by atoms with Crippen LogP contribution in [0.4, 0.5) is 15.8 Å². The van der Waals surface area contributed by atoms with E-state index in [9.17, 15) is 18.7 Å². The lowest BCUT2D eigenvalue weighted by molar-refractivity contribution is -0.384. The zero-order chi connectivity index (χ0) is 13.0. The summed E-state index contributed by atoms with van der Waals surface area (Å²) in [5, 5.41) is 13.5. The van der Waals surface area contributed by atoms with Gasteiger partial charge in [-0.15, -0.1) is 0 Å². The highest BCUT2D eigenvalue weighted by Gasteiger charge is 2.16. The number of anilines is 1. The molecule has 0 radical (unpaired) electrons. The summed E-state index contributed by atoms with van der Waals surface area (Å²) >= 11 is 0. The van der Waals surface area contributed by atoms with E-state index >= 15 is 0 Å². The highest BCUT2D eigenvalue weighted by atomic mass is 32.2. The summed E-state index contributed by atoms with van der Waals surface area (Å²) in [6.07, 6.45) is 1.55. The molecule has 0 fully saturated rings. The third-order valence-electron chi connectivity index (χ3n) is 2.18. The molecule has 1 N–H and O–H groups in total. The van der Waals surface area contributed by atoms with Crippen LogP contribution >= 0.6 is 0 Å². The normalized spacial score (nSPS) is 12.2. The van der Waals surface area contributed by atoms with E-state index in [1.54, 1.807) is 6.26 Å². The molecule has 1 unspecified atom stereocenters. The number of nitro groups is 1. The van der Waals surface area contributed by atoms with Gasteiger partial charge in [0.15, 0.2) is 0 Å². The Morgan fingerprint density at radius 3 is 2.71 bits per heavy atom. The van der Waals surface area contributed by atoms with Gasteiger partial charge in [-0.1, -0.05) is 0 Å². The molecule has 0 aliphatic rings. The van der Waals surface area contributed by atoms with Crippen molar-refractivity contribution in [3.05, 3.63) is 33.6 Å². The second-order valence-corrected chi connectivity index (χ2v) is 5.13.